The van der Waals surface area contributed by atoms with E-state index in [0.717, 1.165) is 6.07 Å². The van der Waals surface area contributed by atoms with Gasteiger partial charge in [0.15, 0.2) is 0 Å². The van der Waals surface area contributed by atoms with Crippen LogP contribution in [0, 0.1) is 11.3 Å². The Labute approximate surface area is 108 Å². The van der Waals surface area contributed by atoms with Crippen LogP contribution in [0.1, 0.15) is 11.1 Å². The quantitative estimate of drug-likeness (QED) is 0.824. The molecule has 0 radical (unpaired) electrons. The van der Waals surface area contributed by atoms with Crippen LogP contribution in [0.3, 0.4) is 0 Å². The van der Waals surface area contributed by atoms with Crippen molar-refractivity contribution in [2.75, 3.05) is 0 Å². The van der Waals surface area contributed by atoms with Crippen LogP contribution in [-0.4, -0.2) is 4.98 Å². The average Bonchev–Trinajstić information content (AvgIpc) is 2.38. The third-order valence-electron chi connectivity index (χ3n) is 2.62. The number of alkyl halides is 3. The summed E-state index contributed by atoms with van der Waals surface area (Å²) in [5, 5.41) is 8.61. The van der Waals surface area contributed by atoms with E-state index in [1.54, 1.807) is 12.1 Å². The van der Waals surface area contributed by atoms with E-state index in [4.69, 9.17) is 5.26 Å². The maximum absolute atomic E-state index is 12.9. The van der Waals surface area contributed by atoms with Crippen LogP contribution in [0.15, 0.2) is 42.7 Å². The molecule has 0 N–H and O–H groups in total. The maximum atomic E-state index is 12.9. The lowest BCUT2D eigenvalue weighted by Crippen LogP contribution is -2.07. The number of hydrogen-bond donors (Lipinski definition) is 0. The highest BCUT2D eigenvalue weighted by Crippen LogP contribution is 2.36. The molecular formula is C14H9F3N2. The van der Waals surface area contributed by atoms with Crippen molar-refractivity contribution in [3.63, 3.8) is 0 Å². The fourth-order valence-corrected chi connectivity index (χ4v) is 1.80. The third kappa shape index (κ3) is 2.91. The van der Waals surface area contributed by atoms with Gasteiger partial charge in [0.2, 0.25) is 0 Å². The van der Waals surface area contributed by atoms with Crippen molar-refractivity contribution in [2.45, 2.75) is 12.6 Å². The van der Waals surface area contributed by atoms with E-state index in [1.807, 2.05) is 6.07 Å². The molecule has 5 heteroatoms. The molecular weight excluding hydrogens is 253 g/mol. The molecule has 0 saturated carbocycles. The number of nitrogens with zero attached hydrogens (tertiary/aromatic N) is 2. The minimum absolute atomic E-state index is 0.0716. The van der Waals surface area contributed by atoms with Gasteiger partial charge in [-0.25, -0.2) is 0 Å². The first kappa shape index (κ1) is 13.1. The Morgan fingerprint density at radius 1 is 1.16 bits per heavy atom. The van der Waals surface area contributed by atoms with Crippen LogP contribution in [0.5, 0.6) is 0 Å². The molecule has 19 heavy (non-hydrogen) atoms. The molecule has 0 aliphatic rings. The summed E-state index contributed by atoms with van der Waals surface area (Å²) in [4.78, 5) is 3.88. The predicted octanol–water partition coefficient (Wildman–Crippen LogP) is 3.83. The summed E-state index contributed by atoms with van der Waals surface area (Å²) in [6.07, 6.45) is -1.45. The summed E-state index contributed by atoms with van der Waals surface area (Å²) in [6, 6.07) is 8.82. The minimum Gasteiger partial charge on any atom is -0.264 e. The number of rotatable bonds is 2. The van der Waals surface area contributed by atoms with Gasteiger partial charge in [-0.15, -0.1) is 0 Å². The zero-order valence-electron chi connectivity index (χ0n) is 9.78. The zero-order chi connectivity index (χ0) is 13.9. The highest BCUT2D eigenvalue weighted by atomic mass is 19.4. The standard InChI is InChI=1S/C14H9F3N2/c15-14(16,17)13-4-2-1-3-12(13)11-7-10(5-6-18)8-19-9-11/h1-4,7-9H,5H2. The predicted molar refractivity (Wildman–Crippen MR) is 64.0 cm³/mol. The Kier molecular flexibility index (Phi) is 3.52. The van der Waals surface area contributed by atoms with Gasteiger partial charge in [-0.05, 0) is 23.3 Å². The van der Waals surface area contributed by atoms with Crippen LogP contribution >= 0.6 is 0 Å². The number of halogens is 3. The van der Waals surface area contributed by atoms with Crippen LogP contribution in [0.2, 0.25) is 0 Å². The van der Waals surface area contributed by atoms with Gasteiger partial charge < -0.3 is 0 Å². The number of aromatic nitrogens is 1. The van der Waals surface area contributed by atoms with E-state index in [0.29, 0.717) is 11.1 Å². The Bertz CT molecular complexity index is 627. The molecule has 1 aromatic heterocycles. The number of hydrogen-bond acceptors (Lipinski definition) is 2. The smallest absolute Gasteiger partial charge is 0.264 e. The molecule has 0 saturated heterocycles. The first-order valence-corrected chi connectivity index (χ1v) is 5.50. The van der Waals surface area contributed by atoms with Crippen molar-refractivity contribution in [1.29, 1.82) is 5.26 Å². The molecule has 0 fully saturated rings. The summed E-state index contributed by atoms with van der Waals surface area (Å²) in [6.45, 7) is 0. The molecule has 0 spiro atoms. The molecule has 0 unspecified atom stereocenters. The molecule has 2 aromatic rings. The second-order valence-corrected chi connectivity index (χ2v) is 3.96. The SMILES string of the molecule is N#CCc1cncc(-c2ccccc2C(F)(F)F)c1. The van der Waals surface area contributed by atoms with E-state index >= 15 is 0 Å². The second kappa shape index (κ2) is 5.11. The van der Waals surface area contributed by atoms with Gasteiger partial charge in [-0.1, -0.05) is 18.2 Å². The van der Waals surface area contributed by atoms with Crippen molar-refractivity contribution in [2.24, 2.45) is 0 Å². The molecule has 0 atom stereocenters. The number of pyridine rings is 1. The molecule has 0 bridgehead atoms. The van der Waals surface area contributed by atoms with E-state index in [-0.39, 0.29) is 12.0 Å². The molecule has 0 aliphatic carbocycles. The summed E-state index contributed by atoms with van der Waals surface area (Å²) in [7, 11) is 0. The van der Waals surface area contributed by atoms with Gasteiger partial charge in [0.05, 0.1) is 18.1 Å². The number of benzene rings is 1. The monoisotopic (exact) mass is 262 g/mol. The Balaban J connectivity index is 2.54. The summed E-state index contributed by atoms with van der Waals surface area (Å²) in [5.74, 6) is 0. The molecule has 1 heterocycles. The summed E-state index contributed by atoms with van der Waals surface area (Å²) < 4.78 is 38.7. The van der Waals surface area contributed by atoms with Crippen LogP contribution in [0.25, 0.3) is 11.1 Å². The van der Waals surface area contributed by atoms with Gasteiger partial charge >= 0.3 is 6.18 Å². The summed E-state index contributed by atoms with van der Waals surface area (Å²) >= 11 is 0. The molecule has 2 nitrogen and oxygen atoms in total. The third-order valence-corrected chi connectivity index (χ3v) is 2.62. The first-order valence-electron chi connectivity index (χ1n) is 5.50. The van der Waals surface area contributed by atoms with Crippen molar-refractivity contribution >= 4 is 0 Å². The fraction of sp³-hybridized carbons (Fsp3) is 0.143. The molecule has 0 aliphatic heterocycles. The van der Waals surface area contributed by atoms with E-state index in [9.17, 15) is 13.2 Å². The topological polar surface area (TPSA) is 36.7 Å². The molecule has 96 valence electrons. The minimum atomic E-state index is -4.41. The second-order valence-electron chi connectivity index (χ2n) is 3.96. The van der Waals surface area contributed by atoms with Gasteiger partial charge in [-0.3, -0.25) is 4.98 Å². The van der Waals surface area contributed by atoms with Gasteiger partial charge in [0, 0.05) is 18.0 Å². The maximum Gasteiger partial charge on any atom is 0.417 e. The highest BCUT2D eigenvalue weighted by Gasteiger charge is 2.33. The largest absolute Gasteiger partial charge is 0.417 e. The lowest BCUT2D eigenvalue weighted by molar-refractivity contribution is -0.137. The lowest BCUT2D eigenvalue weighted by atomic mass is 9.99. The highest BCUT2D eigenvalue weighted by molar-refractivity contribution is 5.67. The summed E-state index contributed by atoms with van der Waals surface area (Å²) in [5.41, 5.74) is 0.325. The van der Waals surface area contributed by atoms with Crippen LogP contribution in [-0.2, 0) is 12.6 Å². The zero-order valence-corrected chi connectivity index (χ0v) is 9.78. The molecule has 1 aromatic carbocycles. The van der Waals surface area contributed by atoms with E-state index in [1.165, 1.54) is 24.5 Å². The van der Waals surface area contributed by atoms with Crippen LogP contribution < -0.4 is 0 Å². The Morgan fingerprint density at radius 3 is 2.58 bits per heavy atom. The van der Waals surface area contributed by atoms with E-state index < -0.39 is 11.7 Å². The number of nitriles is 1. The van der Waals surface area contributed by atoms with Crippen molar-refractivity contribution < 1.29 is 13.2 Å². The van der Waals surface area contributed by atoms with Gasteiger partial charge in [0.1, 0.15) is 0 Å². The molecule has 2 rings (SSSR count). The Hall–Kier alpha value is -2.35. The van der Waals surface area contributed by atoms with Crippen molar-refractivity contribution in [1.82, 2.24) is 4.98 Å². The lowest BCUT2D eigenvalue weighted by Gasteiger charge is -2.12. The van der Waals surface area contributed by atoms with Gasteiger partial charge in [-0.2, -0.15) is 18.4 Å². The first-order chi connectivity index (χ1) is 9.02. The Morgan fingerprint density at radius 2 is 1.89 bits per heavy atom. The van der Waals surface area contributed by atoms with Gasteiger partial charge in [0.25, 0.3) is 0 Å². The average molecular weight is 262 g/mol. The fourth-order valence-electron chi connectivity index (χ4n) is 1.80. The molecule has 0 amide bonds. The normalized spacial score (nSPS) is 11.1. The van der Waals surface area contributed by atoms with Crippen molar-refractivity contribution in [3.8, 4) is 17.2 Å². The van der Waals surface area contributed by atoms with E-state index in [2.05, 4.69) is 4.98 Å². The van der Waals surface area contributed by atoms with Crippen LogP contribution in [0.4, 0.5) is 13.2 Å². The van der Waals surface area contributed by atoms with Crippen molar-refractivity contribution in [3.05, 3.63) is 53.9 Å².